The van der Waals surface area contributed by atoms with E-state index in [1.807, 2.05) is 0 Å². The van der Waals surface area contributed by atoms with Gasteiger partial charge in [-0.25, -0.2) is 0 Å². The summed E-state index contributed by atoms with van der Waals surface area (Å²) in [5.74, 6) is -1.52. The predicted molar refractivity (Wildman–Crippen MR) is 189 cm³/mol. The molecule has 4 aliphatic rings. The van der Waals surface area contributed by atoms with Crippen LogP contribution >= 0.6 is 0 Å². The maximum absolute atomic E-state index is 14.4. The first-order valence-corrected chi connectivity index (χ1v) is 18.1. The van der Waals surface area contributed by atoms with Gasteiger partial charge in [-0.1, -0.05) is 0 Å². The van der Waals surface area contributed by atoms with Crippen LogP contribution in [0.5, 0.6) is 28.7 Å². The van der Waals surface area contributed by atoms with Gasteiger partial charge in [-0.05, 0) is 26.0 Å². The highest BCUT2D eigenvalue weighted by molar-refractivity contribution is 6.31. The molecule has 3 saturated heterocycles. The zero-order chi connectivity index (χ0) is 42.5. The second kappa shape index (κ2) is 17.4. The Morgan fingerprint density at radius 1 is 0.517 bits per heavy atom. The molecule has 322 valence electrons. The quantitative estimate of drug-likeness (QED) is 0.0862. The van der Waals surface area contributed by atoms with Crippen LogP contribution in [0.4, 0.5) is 0 Å². The predicted octanol–water partition coefficient (Wildman–Crippen LogP) is -3.34. The summed E-state index contributed by atoms with van der Waals surface area (Å²) in [6.45, 7) is 1.66. The highest BCUT2D eigenvalue weighted by Crippen LogP contribution is 2.48. The number of fused-ring (bicyclic) bond motifs is 2. The minimum Gasteiger partial charge on any atom is -0.496 e. The summed E-state index contributed by atoms with van der Waals surface area (Å²) < 4.78 is 55.9. The van der Waals surface area contributed by atoms with Crippen LogP contribution in [0.25, 0.3) is 0 Å². The number of carbonyl (C=O) groups excluding carboxylic acids is 2. The van der Waals surface area contributed by atoms with Gasteiger partial charge in [-0.15, -0.1) is 0 Å². The van der Waals surface area contributed by atoms with Crippen molar-refractivity contribution in [1.29, 1.82) is 0 Å². The van der Waals surface area contributed by atoms with E-state index >= 15 is 0 Å². The Hall–Kier alpha value is -3.78. The molecule has 2 aromatic carbocycles. The fourth-order valence-corrected chi connectivity index (χ4v) is 7.32. The van der Waals surface area contributed by atoms with Gasteiger partial charge in [0.1, 0.15) is 78.6 Å². The molecule has 15 atom stereocenters. The molecular formula is C37H48O21. The van der Waals surface area contributed by atoms with E-state index in [9.17, 15) is 55.5 Å². The number of ketones is 2. The summed E-state index contributed by atoms with van der Waals surface area (Å²) in [7, 11) is 5.25. The lowest BCUT2D eigenvalue weighted by molar-refractivity contribution is -0.337. The third kappa shape index (κ3) is 7.60. The summed E-state index contributed by atoms with van der Waals surface area (Å²) in [6.07, 6.45) is -24.9. The number of hydrogen-bond acceptors (Lipinski definition) is 21. The minimum absolute atomic E-state index is 0.0345. The third-order valence-corrected chi connectivity index (χ3v) is 10.7. The molecule has 0 aromatic heterocycles. The highest BCUT2D eigenvalue weighted by atomic mass is 16.7. The molecule has 1 aliphatic carbocycles. The number of hydrogen-bond donors (Lipinski definition) is 9. The second-order valence-electron chi connectivity index (χ2n) is 14.2. The van der Waals surface area contributed by atoms with Gasteiger partial charge in [-0.3, -0.25) is 9.59 Å². The fraction of sp³-hybridized carbons (Fsp3) is 0.622. The monoisotopic (exact) mass is 828 g/mol. The topological polar surface area (TPSA) is 309 Å². The lowest BCUT2D eigenvalue weighted by Crippen LogP contribution is -2.62. The molecule has 21 nitrogen and oxygen atoms in total. The Balaban J connectivity index is 1.23. The standard InChI is InChI=1S/C37H48O21/c1-11-15(49-3)7-13-19(25(42)20-14(22(13)39)8-16(50-4)33(51-5)34(20)52-6)32(11)58-37-31(48)28(45)24(41)18(57-37)10-54-36-30(47)27(44)23(40)17(56-36)9-53-35-29(46)26(43)21(38)12(2)55-35/h7-8,12,17-18,21,23-24,26-31,35-38,40-41,43-48H,9-10H2,1-6H3/t12-,17+,18+,21-,23+,24-,26+,27-,28-,29+,30+,31+,35+,36+,37-/m0/s1. The summed E-state index contributed by atoms with van der Waals surface area (Å²) in [6, 6.07) is 2.67. The molecule has 2 aromatic rings. The van der Waals surface area contributed by atoms with Crippen LogP contribution in [0.2, 0.25) is 0 Å². The van der Waals surface area contributed by atoms with Gasteiger partial charge < -0.3 is 93.3 Å². The Bertz CT molecular complexity index is 1840. The van der Waals surface area contributed by atoms with E-state index in [1.165, 1.54) is 54.4 Å². The normalized spacial score (nSPS) is 36.2. The number of aliphatic hydroxyl groups excluding tert-OH is 9. The molecule has 3 fully saturated rings. The van der Waals surface area contributed by atoms with E-state index in [-0.39, 0.29) is 56.6 Å². The van der Waals surface area contributed by atoms with E-state index in [2.05, 4.69) is 0 Å². The zero-order valence-corrected chi connectivity index (χ0v) is 32.2. The molecule has 9 N–H and O–H groups in total. The van der Waals surface area contributed by atoms with Crippen molar-refractivity contribution in [1.82, 2.24) is 0 Å². The zero-order valence-electron chi connectivity index (χ0n) is 32.2. The van der Waals surface area contributed by atoms with Crippen LogP contribution in [0.3, 0.4) is 0 Å². The van der Waals surface area contributed by atoms with Gasteiger partial charge in [0.2, 0.25) is 17.8 Å². The fourth-order valence-electron chi connectivity index (χ4n) is 7.32. The summed E-state index contributed by atoms with van der Waals surface area (Å²) in [4.78, 5) is 28.4. The lowest BCUT2D eigenvalue weighted by atomic mass is 9.81. The molecule has 21 heteroatoms. The third-order valence-electron chi connectivity index (χ3n) is 10.7. The minimum atomic E-state index is -1.96. The van der Waals surface area contributed by atoms with Gasteiger partial charge in [0, 0.05) is 16.7 Å². The number of aliphatic hydroxyl groups is 9. The number of benzene rings is 2. The van der Waals surface area contributed by atoms with Gasteiger partial charge in [0.05, 0.1) is 58.9 Å². The molecule has 0 spiro atoms. The molecule has 0 radical (unpaired) electrons. The van der Waals surface area contributed by atoms with Crippen molar-refractivity contribution in [2.45, 2.75) is 106 Å². The maximum Gasteiger partial charge on any atom is 0.229 e. The maximum atomic E-state index is 14.4. The van der Waals surface area contributed by atoms with Crippen molar-refractivity contribution in [2.24, 2.45) is 0 Å². The second-order valence-corrected chi connectivity index (χ2v) is 14.2. The van der Waals surface area contributed by atoms with Crippen LogP contribution in [-0.4, -0.2) is 191 Å². The van der Waals surface area contributed by atoms with Crippen molar-refractivity contribution in [2.75, 3.05) is 41.7 Å². The molecular weight excluding hydrogens is 780 g/mol. The van der Waals surface area contributed by atoms with Crippen molar-refractivity contribution < 1.29 is 103 Å². The molecule has 0 unspecified atom stereocenters. The Morgan fingerprint density at radius 3 is 1.48 bits per heavy atom. The molecule has 0 bridgehead atoms. The number of methoxy groups -OCH3 is 4. The van der Waals surface area contributed by atoms with Crippen molar-refractivity contribution in [3.05, 3.63) is 39.9 Å². The number of rotatable bonds is 12. The van der Waals surface area contributed by atoms with Crippen LogP contribution in [0.1, 0.15) is 44.3 Å². The van der Waals surface area contributed by atoms with E-state index < -0.39 is 117 Å². The molecule has 3 heterocycles. The largest absolute Gasteiger partial charge is 0.496 e. The smallest absolute Gasteiger partial charge is 0.229 e. The highest BCUT2D eigenvalue weighted by Gasteiger charge is 2.50. The first-order chi connectivity index (χ1) is 27.5. The Kier molecular flexibility index (Phi) is 13.2. The molecule has 6 rings (SSSR count). The average molecular weight is 829 g/mol. The average Bonchev–Trinajstić information content (AvgIpc) is 3.22. The first-order valence-electron chi connectivity index (χ1n) is 18.1. The Morgan fingerprint density at radius 2 is 0.966 bits per heavy atom. The molecule has 0 saturated carbocycles. The van der Waals surface area contributed by atoms with Crippen molar-refractivity contribution in [3.63, 3.8) is 0 Å². The van der Waals surface area contributed by atoms with E-state index in [0.717, 1.165) is 0 Å². The van der Waals surface area contributed by atoms with Crippen LogP contribution < -0.4 is 23.7 Å². The summed E-state index contributed by atoms with van der Waals surface area (Å²) >= 11 is 0. The summed E-state index contributed by atoms with van der Waals surface area (Å²) in [5, 5.41) is 95.1. The van der Waals surface area contributed by atoms with Gasteiger partial charge in [-0.2, -0.15) is 0 Å². The van der Waals surface area contributed by atoms with Crippen LogP contribution in [-0.2, 0) is 23.7 Å². The van der Waals surface area contributed by atoms with Crippen LogP contribution in [0.15, 0.2) is 12.1 Å². The van der Waals surface area contributed by atoms with E-state index in [0.29, 0.717) is 0 Å². The molecule has 0 amide bonds. The number of carbonyl (C=O) groups is 2. The van der Waals surface area contributed by atoms with Gasteiger partial charge in [0.25, 0.3) is 0 Å². The molecule has 3 aliphatic heterocycles. The van der Waals surface area contributed by atoms with Gasteiger partial charge in [0.15, 0.2) is 29.9 Å². The van der Waals surface area contributed by atoms with E-state index in [1.54, 1.807) is 0 Å². The van der Waals surface area contributed by atoms with Crippen molar-refractivity contribution in [3.8, 4) is 28.7 Å². The first kappa shape index (κ1) is 43.8. The Labute approximate surface area is 330 Å². The summed E-state index contributed by atoms with van der Waals surface area (Å²) in [5.41, 5.74) is -0.475. The SMILES string of the molecule is COc1cc2c(c(O[C@@H]3O[C@H](CO[C@@H]4O[C@H](CO[C@@H]5O[C@@H](C)[C@H](O)[C@@H](O)[C@H]5O)[C@@H](O)[C@H](O)[C@H]4O)[C@H](O)[C@H](O)[C@H]3O)c1C)C(=O)c1c(cc(OC)c(OC)c1OC)C2=O. The molecule has 58 heavy (non-hydrogen) atoms. The van der Waals surface area contributed by atoms with Crippen LogP contribution in [0, 0.1) is 6.92 Å². The van der Waals surface area contributed by atoms with Crippen molar-refractivity contribution >= 4 is 11.6 Å². The lowest BCUT2D eigenvalue weighted by Gasteiger charge is -2.43. The van der Waals surface area contributed by atoms with E-state index in [4.69, 9.17) is 47.4 Å². The number of ether oxygens (including phenoxy) is 10. The van der Waals surface area contributed by atoms with Gasteiger partial charge >= 0.3 is 0 Å².